The van der Waals surface area contributed by atoms with Crippen molar-refractivity contribution in [1.29, 1.82) is 0 Å². The predicted octanol–water partition coefficient (Wildman–Crippen LogP) is 6.12. The zero-order valence-electron chi connectivity index (χ0n) is 22.3. The number of nitrogens with zero attached hydrogens (tertiary/aromatic N) is 3. The lowest BCUT2D eigenvalue weighted by molar-refractivity contribution is 0.284. The molecule has 4 aromatic rings. The zero-order valence-corrected chi connectivity index (χ0v) is 22.3. The third-order valence-electron chi connectivity index (χ3n) is 8.05. The van der Waals surface area contributed by atoms with Crippen LogP contribution in [0.25, 0.3) is 16.9 Å². The molecular formula is C32H32N4O3. The van der Waals surface area contributed by atoms with E-state index >= 15 is 0 Å². The first-order valence-corrected chi connectivity index (χ1v) is 13.5. The number of aromatic nitrogens is 2. The van der Waals surface area contributed by atoms with Crippen molar-refractivity contribution in [2.24, 2.45) is 5.10 Å². The number of fused-ring (bicyclic) bond motifs is 4. The van der Waals surface area contributed by atoms with Crippen LogP contribution in [0, 0.1) is 0 Å². The van der Waals surface area contributed by atoms with Gasteiger partial charge in [0.25, 0.3) is 5.56 Å². The van der Waals surface area contributed by atoms with E-state index in [-0.39, 0.29) is 11.0 Å². The third-order valence-corrected chi connectivity index (χ3v) is 8.05. The van der Waals surface area contributed by atoms with Crippen LogP contribution in [0.4, 0.5) is 5.95 Å². The van der Waals surface area contributed by atoms with Crippen molar-refractivity contribution < 1.29 is 9.47 Å². The first-order valence-electron chi connectivity index (χ1n) is 13.5. The lowest BCUT2D eigenvalue weighted by Crippen LogP contribution is -2.42. The zero-order chi connectivity index (χ0) is 26.8. The van der Waals surface area contributed by atoms with Crippen LogP contribution in [0.1, 0.15) is 48.8 Å². The van der Waals surface area contributed by atoms with Gasteiger partial charge < -0.3 is 9.47 Å². The Balaban J connectivity index is 1.52. The first kappa shape index (κ1) is 24.9. The Labute approximate surface area is 228 Å². The second-order valence-electron chi connectivity index (χ2n) is 10.3. The third kappa shape index (κ3) is 4.58. The average Bonchev–Trinajstić information content (AvgIpc) is 2.98. The van der Waals surface area contributed by atoms with Gasteiger partial charge in [0, 0.05) is 11.0 Å². The monoisotopic (exact) mass is 520 g/mol. The number of nitrogens with one attached hydrogen (secondary N) is 1. The summed E-state index contributed by atoms with van der Waals surface area (Å²) in [4.78, 5) is 19.7. The SMILES string of the molecule is COc1ccc(C=NNc2nc3c(c(=O)n2-c2ccc(OC)cc2)C2(CCCCC2)Cc2ccccc2-3)cc1. The summed E-state index contributed by atoms with van der Waals surface area (Å²) < 4.78 is 12.3. The van der Waals surface area contributed by atoms with E-state index in [0.717, 1.165) is 66.0 Å². The maximum Gasteiger partial charge on any atom is 0.263 e. The van der Waals surface area contributed by atoms with Crippen LogP contribution >= 0.6 is 0 Å². The quantitative estimate of drug-likeness (QED) is 0.245. The summed E-state index contributed by atoms with van der Waals surface area (Å²) in [5, 5.41) is 4.47. The van der Waals surface area contributed by atoms with Gasteiger partial charge in [-0.25, -0.2) is 15.0 Å². The normalized spacial score (nSPS) is 15.5. The molecule has 0 atom stereocenters. The molecule has 3 aromatic carbocycles. The number of anilines is 1. The van der Waals surface area contributed by atoms with Crippen molar-refractivity contribution in [2.75, 3.05) is 19.6 Å². The number of hydrogen-bond donors (Lipinski definition) is 1. The van der Waals surface area contributed by atoms with E-state index in [1.165, 1.54) is 12.0 Å². The molecule has 1 spiro atoms. The molecule has 0 unspecified atom stereocenters. The van der Waals surface area contributed by atoms with Crippen LogP contribution in [0.3, 0.4) is 0 Å². The molecule has 0 amide bonds. The molecule has 7 heteroatoms. The van der Waals surface area contributed by atoms with Crippen LogP contribution in [-0.2, 0) is 11.8 Å². The Hall–Kier alpha value is -4.39. The van der Waals surface area contributed by atoms with Gasteiger partial charge in [0.2, 0.25) is 5.95 Å². The molecule has 1 N–H and O–H groups in total. The number of hydrogen-bond acceptors (Lipinski definition) is 6. The first-order chi connectivity index (χ1) is 19.1. The van der Waals surface area contributed by atoms with Crippen molar-refractivity contribution >= 4 is 12.2 Å². The lowest BCUT2D eigenvalue weighted by atomic mass is 9.62. The number of methoxy groups -OCH3 is 2. The van der Waals surface area contributed by atoms with Gasteiger partial charge in [0.05, 0.1) is 37.4 Å². The van der Waals surface area contributed by atoms with Gasteiger partial charge in [-0.05, 0) is 78.9 Å². The molecule has 0 bridgehead atoms. The Morgan fingerprint density at radius 2 is 1.56 bits per heavy atom. The second kappa shape index (κ2) is 10.4. The molecular weight excluding hydrogens is 488 g/mol. The lowest BCUT2D eigenvalue weighted by Gasteiger charge is -2.42. The van der Waals surface area contributed by atoms with E-state index in [9.17, 15) is 4.79 Å². The molecule has 0 aliphatic heterocycles. The Morgan fingerprint density at radius 3 is 2.26 bits per heavy atom. The van der Waals surface area contributed by atoms with Crippen molar-refractivity contribution in [3.8, 4) is 28.4 Å². The van der Waals surface area contributed by atoms with Crippen molar-refractivity contribution in [2.45, 2.75) is 43.9 Å². The standard InChI is InChI=1S/C32H32N4O3/c1-38-25-14-10-22(11-15-25)21-33-35-31-34-29-27-9-5-4-8-23(27)20-32(18-6-3-7-19-32)28(29)30(37)36(31)24-12-16-26(39-2)17-13-24/h4-5,8-17,21H,3,6-7,18-20H2,1-2H3,(H,34,35). The number of rotatable bonds is 6. The topological polar surface area (TPSA) is 77.7 Å². The Bertz CT molecular complexity index is 1570. The molecule has 0 radical (unpaired) electrons. The minimum absolute atomic E-state index is 0.0382. The molecule has 0 saturated heterocycles. The maximum absolute atomic E-state index is 14.6. The largest absolute Gasteiger partial charge is 0.497 e. The summed E-state index contributed by atoms with van der Waals surface area (Å²) in [6.45, 7) is 0. The van der Waals surface area contributed by atoms with Crippen molar-refractivity contribution in [3.63, 3.8) is 0 Å². The molecule has 1 saturated carbocycles. The molecule has 39 heavy (non-hydrogen) atoms. The van der Waals surface area contributed by atoms with Gasteiger partial charge in [-0.1, -0.05) is 43.5 Å². The second-order valence-corrected chi connectivity index (χ2v) is 10.3. The van der Waals surface area contributed by atoms with Gasteiger partial charge in [-0.3, -0.25) is 4.79 Å². The van der Waals surface area contributed by atoms with Crippen LogP contribution in [0.15, 0.2) is 82.7 Å². The van der Waals surface area contributed by atoms with Gasteiger partial charge in [-0.2, -0.15) is 5.10 Å². The molecule has 198 valence electrons. The van der Waals surface area contributed by atoms with Crippen LogP contribution in [0.5, 0.6) is 11.5 Å². The van der Waals surface area contributed by atoms with E-state index in [0.29, 0.717) is 11.6 Å². The van der Waals surface area contributed by atoms with Gasteiger partial charge >= 0.3 is 0 Å². The smallest absolute Gasteiger partial charge is 0.263 e. The fourth-order valence-electron chi connectivity index (χ4n) is 6.11. The molecule has 2 aliphatic carbocycles. The summed E-state index contributed by atoms with van der Waals surface area (Å²) in [6, 6.07) is 23.5. The van der Waals surface area contributed by atoms with E-state index in [4.69, 9.17) is 14.5 Å². The number of benzene rings is 3. The van der Waals surface area contributed by atoms with E-state index in [1.54, 1.807) is 25.0 Å². The Morgan fingerprint density at radius 1 is 0.897 bits per heavy atom. The summed E-state index contributed by atoms with van der Waals surface area (Å²) in [5.41, 5.74) is 8.35. The fraction of sp³-hybridized carbons (Fsp3) is 0.281. The molecule has 7 nitrogen and oxygen atoms in total. The van der Waals surface area contributed by atoms with Crippen LogP contribution < -0.4 is 20.5 Å². The van der Waals surface area contributed by atoms with Crippen molar-refractivity contribution in [3.05, 3.63) is 99.8 Å². The molecule has 2 aliphatic rings. The van der Waals surface area contributed by atoms with Crippen molar-refractivity contribution in [1.82, 2.24) is 9.55 Å². The summed E-state index contributed by atoms with van der Waals surface area (Å²) >= 11 is 0. The number of ether oxygens (including phenoxy) is 2. The molecule has 1 heterocycles. The minimum atomic E-state index is -0.203. The Kier molecular flexibility index (Phi) is 6.65. The highest BCUT2D eigenvalue weighted by Crippen LogP contribution is 2.48. The summed E-state index contributed by atoms with van der Waals surface area (Å²) in [7, 11) is 3.27. The molecule has 6 rings (SSSR count). The highest BCUT2D eigenvalue weighted by molar-refractivity contribution is 5.80. The van der Waals surface area contributed by atoms with Gasteiger partial charge in [0.15, 0.2) is 0 Å². The predicted molar refractivity (Wildman–Crippen MR) is 154 cm³/mol. The highest BCUT2D eigenvalue weighted by atomic mass is 16.5. The number of hydrazone groups is 1. The van der Waals surface area contributed by atoms with Crippen LogP contribution in [-0.4, -0.2) is 30.0 Å². The maximum atomic E-state index is 14.6. The summed E-state index contributed by atoms with van der Waals surface area (Å²) in [6.07, 6.45) is 8.02. The average molecular weight is 521 g/mol. The van der Waals surface area contributed by atoms with E-state index < -0.39 is 0 Å². The van der Waals surface area contributed by atoms with E-state index in [2.05, 4.69) is 28.7 Å². The van der Waals surface area contributed by atoms with E-state index in [1.807, 2.05) is 54.6 Å². The molecule has 1 aromatic heterocycles. The highest BCUT2D eigenvalue weighted by Gasteiger charge is 2.43. The minimum Gasteiger partial charge on any atom is -0.497 e. The van der Waals surface area contributed by atoms with Crippen LogP contribution in [0.2, 0.25) is 0 Å². The van der Waals surface area contributed by atoms with Gasteiger partial charge in [-0.15, -0.1) is 0 Å². The van der Waals surface area contributed by atoms with Gasteiger partial charge in [0.1, 0.15) is 11.5 Å². The molecule has 1 fully saturated rings. The summed E-state index contributed by atoms with van der Waals surface area (Å²) in [5.74, 6) is 1.87. The fourth-order valence-corrected chi connectivity index (χ4v) is 6.11.